The number of nitrogens with zero attached hydrogens (tertiary/aromatic N) is 1. The minimum absolute atomic E-state index is 0.0123. The number of carbonyl (C=O) groups excluding carboxylic acids is 1. The van der Waals surface area contributed by atoms with E-state index in [1.165, 1.54) is 0 Å². The molecule has 2 fully saturated rings. The molecule has 0 bridgehead atoms. The van der Waals surface area contributed by atoms with Crippen LogP contribution in [0.4, 0.5) is 0 Å². The lowest BCUT2D eigenvalue weighted by atomic mass is 9.79. The van der Waals surface area contributed by atoms with Gasteiger partial charge in [0.1, 0.15) is 11.5 Å². The lowest BCUT2D eigenvalue weighted by Crippen LogP contribution is -2.53. The molecule has 1 aliphatic heterocycles. The molecule has 1 saturated heterocycles. The molecule has 2 aliphatic rings. The Kier molecular flexibility index (Phi) is 5.17. The van der Waals surface area contributed by atoms with Gasteiger partial charge < -0.3 is 23.5 Å². The predicted octanol–water partition coefficient (Wildman–Crippen LogP) is 3.75. The van der Waals surface area contributed by atoms with E-state index in [0.29, 0.717) is 18.1 Å². The smallest absolute Gasteiger partial charge is 0.289 e. The highest BCUT2D eigenvalue weighted by molar-refractivity contribution is 5.92. The first-order valence-electron chi connectivity index (χ1n) is 9.73. The standard InChI is InChI=1S/C22H27NO5/c1-25-16-6-4-15(5-7-16)18-8-9-19(28-18)21(24)23-13-12-22(27-3)11-10-17(26-2)14-20(22)23/h4-9,17,20H,10-14H2,1-3H3/t17-,20-,22+/m0/s1. The van der Waals surface area contributed by atoms with E-state index in [4.69, 9.17) is 18.6 Å². The van der Waals surface area contributed by atoms with Crippen LogP contribution in [0.15, 0.2) is 40.8 Å². The van der Waals surface area contributed by atoms with E-state index in [0.717, 1.165) is 37.0 Å². The highest BCUT2D eigenvalue weighted by Crippen LogP contribution is 2.43. The van der Waals surface area contributed by atoms with Crippen molar-refractivity contribution < 1.29 is 23.4 Å². The molecular formula is C22H27NO5. The minimum atomic E-state index is -0.268. The Morgan fingerprint density at radius 2 is 1.89 bits per heavy atom. The van der Waals surface area contributed by atoms with Crippen LogP contribution in [0.1, 0.15) is 36.2 Å². The van der Waals surface area contributed by atoms with Crippen molar-refractivity contribution in [3.8, 4) is 17.1 Å². The number of amides is 1. The van der Waals surface area contributed by atoms with Gasteiger partial charge in [-0.2, -0.15) is 0 Å². The molecule has 1 aromatic carbocycles. The molecule has 1 saturated carbocycles. The van der Waals surface area contributed by atoms with Crippen molar-refractivity contribution in [2.75, 3.05) is 27.9 Å². The van der Waals surface area contributed by atoms with Crippen LogP contribution in [-0.4, -0.2) is 56.4 Å². The van der Waals surface area contributed by atoms with Crippen molar-refractivity contribution in [2.45, 2.75) is 43.4 Å². The topological polar surface area (TPSA) is 61.1 Å². The van der Waals surface area contributed by atoms with Gasteiger partial charge in [0.25, 0.3) is 5.91 Å². The Hall–Kier alpha value is -2.31. The lowest BCUT2D eigenvalue weighted by molar-refractivity contribution is -0.0895. The maximum absolute atomic E-state index is 13.2. The van der Waals surface area contributed by atoms with Crippen LogP contribution in [0.2, 0.25) is 0 Å². The van der Waals surface area contributed by atoms with Gasteiger partial charge >= 0.3 is 0 Å². The zero-order chi connectivity index (χ0) is 19.7. The van der Waals surface area contributed by atoms with Crippen LogP contribution in [0.5, 0.6) is 5.75 Å². The van der Waals surface area contributed by atoms with E-state index in [1.54, 1.807) is 27.4 Å². The summed E-state index contributed by atoms with van der Waals surface area (Å²) in [6.45, 7) is 0.673. The summed E-state index contributed by atoms with van der Waals surface area (Å²) in [6, 6.07) is 11.2. The Bertz CT molecular complexity index is 830. The van der Waals surface area contributed by atoms with Crippen LogP contribution in [-0.2, 0) is 9.47 Å². The van der Waals surface area contributed by atoms with Gasteiger partial charge in [0.15, 0.2) is 5.76 Å². The monoisotopic (exact) mass is 385 g/mol. The number of methoxy groups -OCH3 is 3. The van der Waals surface area contributed by atoms with Crippen molar-refractivity contribution in [3.63, 3.8) is 0 Å². The lowest BCUT2D eigenvalue weighted by Gasteiger charge is -2.43. The predicted molar refractivity (Wildman–Crippen MR) is 105 cm³/mol. The van der Waals surface area contributed by atoms with E-state index in [2.05, 4.69) is 0 Å². The van der Waals surface area contributed by atoms with Gasteiger partial charge in [-0.05, 0) is 62.1 Å². The number of fused-ring (bicyclic) bond motifs is 1. The second-order valence-corrected chi connectivity index (χ2v) is 7.56. The molecule has 0 radical (unpaired) electrons. The molecule has 0 spiro atoms. The molecule has 1 amide bonds. The molecule has 4 rings (SSSR count). The average Bonchev–Trinajstić information content (AvgIpc) is 3.38. The summed E-state index contributed by atoms with van der Waals surface area (Å²) in [7, 11) is 5.12. The zero-order valence-corrected chi connectivity index (χ0v) is 16.6. The molecule has 0 unspecified atom stereocenters. The van der Waals surface area contributed by atoms with Gasteiger partial charge in [0, 0.05) is 26.3 Å². The molecule has 0 N–H and O–H groups in total. The summed E-state index contributed by atoms with van der Waals surface area (Å²) in [6.07, 6.45) is 3.68. The molecule has 3 atom stereocenters. The molecule has 1 aliphatic carbocycles. The van der Waals surface area contributed by atoms with E-state index in [1.807, 2.05) is 35.2 Å². The van der Waals surface area contributed by atoms with Gasteiger partial charge in [-0.1, -0.05) is 0 Å². The van der Waals surface area contributed by atoms with Crippen LogP contribution >= 0.6 is 0 Å². The zero-order valence-electron chi connectivity index (χ0n) is 16.6. The second-order valence-electron chi connectivity index (χ2n) is 7.56. The Morgan fingerprint density at radius 3 is 2.57 bits per heavy atom. The van der Waals surface area contributed by atoms with Crippen molar-refractivity contribution in [2.24, 2.45) is 0 Å². The first-order chi connectivity index (χ1) is 13.6. The number of benzene rings is 1. The van der Waals surface area contributed by atoms with Crippen molar-refractivity contribution >= 4 is 5.91 Å². The van der Waals surface area contributed by atoms with E-state index >= 15 is 0 Å². The van der Waals surface area contributed by atoms with Crippen LogP contribution in [0, 0.1) is 0 Å². The Labute approximate surface area is 165 Å². The summed E-state index contributed by atoms with van der Waals surface area (Å²) in [4.78, 5) is 15.1. The van der Waals surface area contributed by atoms with Crippen molar-refractivity contribution in [3.05, 3.63) is 42.2 Å². The number of ether oxygens (including phenoxy) is 3. The fourth-order valence-electron chi connectivity index (χ4n) is 4.62. The largest absolute Gasteiger partial charge is 0.497 e. The molecule has 2 heterocycles. The number of carbonyl (C=O) groups is 1. The van der Waals surface area contributed by atoms with E-state index in [9.17, 15) is 4.79 Å². The Morgan fingerprint density at radius 1 is 1.11 bits per heavy atom. The fourth-order valence-corrected chi connectivity index (χ4v) is 4.62. The molecule has 1 aromatic heterocycles. The number of furan rings is 1. The van der Waals surface area contributed by atoms with Gasteiger partial charge in [-0.3, -0.25) is 4.79 Å². The normalized spacial score (nSPS) is 26.9. The maximum Gasteiger partial charge on any atom is 0.289 e. The third-order valence-corrected chi connectivity index (χ3v) is 6.33. The molecule has 6 heteroatoms. The fraction of sp³-hybridized carbons (Fsp3) is 0.500. The van der Waals surface area contributed by atoms with Crippen LogP contribution in [0.3, 0.4) is 0 Å². The third-order valence-electron chi connectivity index (χ3n) is 6.33. The van der Waals surface area contributed by atoms with E-state index < -0.39 is 0 Å². The number of rotatable bonds is 5. The molecule has 2 aromatic rings. The van der Waals surface area contributed by atoms with Gasteiger partial charge in [0.05, 0.1) is 24.9 Å². The number of likely N-dealkylation sites (tertiary alicyclic amines) is 1. The third kappa shape index (κ3) is 3.20. The second kappa shape index (κ2) is 7.60. The van der Waals surface area contributed by atoms with Crippen molar-refractivity contribution in [1.82, 2.24) is 4.90 Å². The first kappa shape index (κ1) is 19.0. The molecule has 28 heavy (non-hydrogen) atoms. The quantitative estimate of drug-likeness (QED) is 0.784. The van der Waals surface area contributed by atoms with Gasteiger partial charge in [0.2, 0.25) is 0 Å². The number of hydrogen-bond donors (Lipinski definition) is 0. The van der Waals surface area contributed by atoms with E-state index in [-0.39, 0.29) is 23.7 Å². The molecule has 6 nitrogen and oxygen atoms in total. The van der Waals surface area contributed by atoms with Gasteiger partial charge in [-0.15, -0.1) is 0 Å². The van der Waals surface area contributed by atoms with Crippen LogP contribution < -0.4 is 4.74 Å². The summed E-state index contributed by atoms with van der Waals surface area (Å²) in [5.74, 6) is 1.73. The number of hydrogen-bond acceptors (Lipinski definition) is 5. The van der Waals surface area contributed by atoms with Crippen LogP contribution in [0.25, 0.3) is 11.3 Å². The first-order valence-corrected chi connectivity index (χ1v) is 9.73. The molecular weight excluding hydrogens is 358 g/mol. The summed E-state index contributed by atoms with van der Waals surface area (Å²) in [5, 5.41) is 0. The minimum Gasteiger partial charge on any atom is -0.497 e. The highest BCUT2D eigenvalue weighted by atomic mass is 16.5. The summed E-state index contributed by atoms with van der Waals surface area (Å²) < 4.78 is 22.6. The summed E-state index contributed by atoms with van der Waals surface area (Å²) >= 11 is 0. The van der Waals surface area contributed by atoms with Crippen molar-refractivity contribution in [1.29, 1.82) is 0 Å². The maximum atomic E-state index is 13.2. The highest BCUT2D eigenvalue weighted by Gasteiger charge is 2.53. The summed E-state index contributed by atoms with van der Waals surface area (Å²) in [5.41, 5.74) is 0.639. The Balaban J connectivity index is 1.55. The average molecular weight is 385 g/mol. The SMILES string of the molecule is COc1ccc(-c2ccc(C(=O)N3CC[C@]4(OC)CC[C@H](OC)C[C@H]34)o2)cc1. The molecule has 150 valence electrons. The van der Waals surface area contributed by atoms with Gasteiger partial charge in [-0.25, -0.2) is 0 Å².